The van der Waals surface area contributed by atoms with Gasteiger partial charge in [-0.2, -0.15) is 0 Å². The highest BCUT2D eigenvalue weighted by molar-refractivity contribution is 7.99. The van der Waals surface area contributed by atoms with Crippen molar-refractivity contribution >= 4 is 54.8 Å². The third-order valence-electron chi connectivity index (χ3n) is 7.02. The maximum Gasteiger partial charge on any atom is 0.256 e. The molecule has 0 spiro atoms. The van der Waals surface area contributed by atoms with Gasteiger partial charge in [-0.3, -0.25) is 9.20 Å². The van der Waals surface area contributed by atoms with Crippen LogP contribution >= 0.6 is 11.8 Å². The van der Waals surface area contributed by atoms with E-state index in [1.54, 1.807) is 28.6 Å². The summed E-state index contributed by atoms with van der Waals surface area (Å²) >= 11 is 1.30. The number of carbonyl (C=O) groups excluding carboxylic acids is 1. The van der Waals surface area contributed by atoms with Crippen LogP contribution in [0.1, 0.15) is 42.9 Å². The predicted molar refractivity (Wildman–Crippen MR) is 152 cm³/mol. The number of thioether (sulfide) groups is 1. The average Bonchev–Trinajstić information content (AvgIpc) is 3.30. The Morgan fingerprint density at radius 2 is 1.78 bits per heavy atom. The molecule has 0 radical (unpaired) electrons. The zero-order chi connectivity index (χ0) is 26.3. The van der Waals surface area contributed by atoms with Crippen molar-refractivity contribution in [3.8, 4) is 0 Å². The van der Waals surface area contributed by atoms with Gasteiger partial charge in [0.25, 0.3) is 5.91 Å². The molecule has 2 atom stereocenters. The van der Waals surface area contributed by atoms with E-state index in [4.69, 9.17) is 0 Å². The Labute approximate surface area is 221 Å². The molecule has 1 aliphatic heterocycles. The average molecular weight is 538 g/mol. The van der Waals surface area contributed by atoms with Crippen molar-refractivity contribution in [2.75, 3.05) is 12.3 Å². The summed E-state index contributed by atoms with van der Waals surface area (Å²) in [5.41, 5.74) is 5.65. The fourth-order valence-electron chi connectivity index (χ4n) is 4.84. The Hall–Kier alpha value is -2.79. The SMILES string of the molecule is Cc1cc2cc(C)c3nnc(SCC(=O)N=C4C=CC(=S(=O)(O)N5CCCC[C@H]5C)C=C4)n3c2cc1C. The van der Waals surface area contributed by atoms with Crippen LogP contribution in [0, 0.1) is 20.8 Å². The molecule has 3 heterocycles. The molecule has 5 rings (SSSR count). The van der Waals surface area contributed by atoms with Crippen molar-refractivity contribution in [3.05, 3.63) is 59.2 Å². The zero-order valence-electron chi connectivity index (χ0n) is 21.5. The van der Waals surface area contributed by atoms with Crippen LogP contribution in [0.4, 0.5) is 0 Å². The smallest absolute Gasteiger partial charge is 0.256 e. The fraction of sp³-hybridized carbons (Fsp3) is 0.370. The van der Waals surface area contributed by atoms with Crippen molar-refractivity contribution < 1.29 is 13.6 Å². The van der Waals surface area contributed by atoms with E-state index in [0.29, 0.717) is 22.3 Å². The number of benzene rings is 1. The van der Waals surface area contributed by atoms with E-state index in [2.05, 4.69) is 47.2 Å². The molecule has 0 saturated carbocycles. The summed E-state index contributed by atoms with van der Waals surface area (Å²) in [5, 5.41) is 10.4. The Kier molecular flexibility index (Phi) is 7.10. The number of piperidine rings is 1. The summed E-state index contributed by atoms with van der Waals surface area (Å²) in [4.78, 5) is 17.2. The number of carbonyl (C=O) groups is 1. The molecule has 0 bridgehead atoms. The van der Waals surface area contributed by atoms with E-state index in [1.165, 1.54) is 22.9 Å². The molecule has 1 amide bonds. The first-order chi connectivity index (χ1) is 17.6. The molecule has 194 valence electrons. The maximum atomic E-state index is 13.1. The number of aliphatic imine (C=N–C) groups is 1. The number of amides is 1. The quantitative estimate of drug-likeness (QED) is 0.382. The van der Waals surface area contributed by atoms with Crippen molar-refractivity contribution in [1.82, 2.24) is 18.9 Å². The summed E-state index contributed by atoms with van der Waals surface area (Å²) in [6.07, 6.45) is 9.32. The highest BCUT2D eigenvalue weighted by atomic mass is 32.2. The zero-order valence-corrected chi connectivity index (χ0v) is 23.1. The molecule has 1 aromatic carbocycles. The van der Waals surface area contributed by atoms with E-state index >= 15 is 0 Å². The summed E-state index contributed by atoms with van der Waals surface area (Å²) < 4.78 is 27.6. The van der Waals surface area contributed by atoms with Crippen LogP contribution in [0.15, 0.2) is 52.7 Å². The second-order valence-corrected chi connectivity index (χ2v) is 12.6. The minimum Gasteiger partial charge on any atom is -0.302 e. The number of hydrogen-bond acceptors (Lipinski definition) is 5. The number of aromatic nitrogens is 3. The van der Waals surface area contributed by atoms with Gasteiger partial charge < -0.3 is 4.55 Å². The van der Waals surface area contributed by atoms with Gasteiger partial charge in [-0.1, -0.05) is 18.2 Å². The molecule has 3 aromatic rings. The molecule has 1 unspecified atom stereocenters. The molecule has 1 fully saturated rings. The molecule has 2 aliphatic rings. The van der Waals surface area contributed by atoms with Gasteiger partial charge in [-0.25, -0.2) is 13.5 Å². The van der Waals surface area contributed by atoms with Gasteiger partial charge in [-0.15, -0.1) is 10.2 Å². The third-order valence-corrected chi connectivity index (χ3v) is 10.0. The molecule has 2 aromatic heterocycles. The van der Waals surface area contributed by atoms with Gasteiger partial charge in [0.1, 0.15) is 0 Å². The van der Waals surface area contributed by atoms with Crippen molar-refractivity contribution in [3.63, 3.8) is 0 Å². The molecule has 37 heavy (non-hydrogen) atoms. The van der Waals surface area contributed by atoms with Crippen LogP contribution in [0.25, 0.3) is 16.6 Å². The fourth-order valence-corrected chi connectivity index (χ4v) is 7.30. The highest BCUT2D eigenvalue weighted by Crippen LogP contribution is 2.28. The van der Waals surface area contributed by atoms with Crippen LogP contribution in [-0.4, -0.2) is 62.5 Å². The molecule has 1 aliphatic carbocycles. The van der Waals surface area contributed by atoms with Crippen LogP contribution in [0.2, 0.25) is 0 Å². The minimum atomic E-state index is -3.31. The monoisotopic (exact) mass is 537 g/mol. The van der Waals surface area contributed by atoms with E-state index in [0.717, 1.165) is 41.4 Å². The van der Waals surface area contributed by atoms with E-state index in [9.17, 15) is 13.6 Å². The van der Waals surface area contributed by atoms with Crippen molar-refractivity contribution in [2.45, 2.75) is 58.2 Å². The number of hydrogen-bond donors (Lipinski definition) is 1. The largest absolute Gasteiger partial charge is 0.302 e. The predicted octanol–water partition coefficient (Wildman–Crippen LogP) is 4.71. The van der Waals surface area contributed by atoms with E-state index in [1.807, 2.05) is 18.2 Å². The van der Waals surface area contributed by atoms with E-state index in [-0.39, 0.29) is 17.7 Å². The second kappa shape index (κ2) is 10.2. The molecule has 1 N–H and O–H groups in total. The molecular weight excluding hydrogens is 506 g/mol. The lowest BCUT2D eigenvalue weighted by Crippen LogP contribution is -2.43. The molecule has 1 saturated heterocycles. The Balaban J connectivity index is 1.34. The Morgan fingerprint density at radius 3 is 2.51 bits per heavy atom. The normalized spacial score (nSPS) is 20.1. The first-order valence-corrected chi connectivity index (χ1v) is 14.9. The number of aryl methyl sites for hydroxylation is 3. The van der Waals surface area contributed by atoms with Gasteiger partial charge in [0.05, 0.1) is 21.8 Å². The van der Waals surface area contributed by atoms with Crippen molar-refractivity contribution in [1.29, 1.82) is 0 Å². The van der Waals surface area contributed by atoms with Crippen LogP contribution in [-0.2, 0) is 14.8 Å². The van der Waals surface area contributed by atoms with Crippen LogP contribution in [0.5, 0.6) is 0 Å². The minimum absolute atomic E-state index is 0.0521. The number of pyridine rings is 1. The van der Waals surface area contributed by atoms with Crippen LogP contribution < -0.4 is 0 Å². The molecular formula is C27H31N5O3S2. The third kappa shape index (κ3) is 5.03. The van der Waals surface area contributed by atoms with Gasteiger partial charge in [0.2, 0.25) is 0 Å². The van der Waals surface area contributed by atoms with Gasteiger partial charge >= 0.3 is 0 Å². The lowest BCUT2D eigenvalue weighted by atomic mass is 10.0. The van der Waals surface area contributed by atoms with Gasteiger partial charge in [-0.05, 0) is 105 Å². The number of rotatable bonds is 4. The van der Waals surface area contributed by atoms with Gasteiger partial charge in [0.15, 0.2) is 20.8 Å². The molecule has 10 heteroatoms. The first kappa shape index (κ1) is 25.8. The first-order valence-electron chi connectivity index (χ1n) is 12.4. The topological polar surface area (TPSA) is 100 Å². The Bertz CT molecular complexity index is 1610. The molecule has 8 nitrogen and oxygen atoms in total. The lowest BCUT2D eigenvalue weighted by Gasteiger charge is -2.34. The highest BCUT2D eigenvalue weighted by Gasteiger charge is 2.27. The van der Waals surface area contributed by atoms with Crippen LogP contribution in [0.3, 0.4) is 0 Å². The lowest BCUT2D eigenvalue weighted by molar-refractivity contribution is -0.115. The maximum absolute atomic E-state index is 13.1. The van der Waals surface area contributed by atoms with Crippen molar-refractivity contribution in [2.24, 2.45) is 4.99 Å². The summed E-state index contributed by atoms with van der Waals surface area (Å²) in [5.74, 6) is -0.210. The standard InChI is InChI=1S/C27H31N5O3S2/c1-17-13-21-14-19(3)26-29-30-27(32(26)24(21)15-18(17)2)36-16-25(33)28-22-8-10-23(11-9-22)37(34,35)31-12-6-5-7-20(31)4/h8-11,13-15,20H,5-7,12,16H2,1-4H3,(H,34,35)/t20-/m1/s1. The summed E-state index contributed by atoms with van der Waals surface area (Å²) in [7, 11) is -3.31. The Morgan fingerprint density at radius 1 is 1.08 bits per heavy atom. The van der Waals surface area contributed by atoms with Gasteiger partial charge in [0, 0.05) is 12.6 Å². The second-order valence-electron chi connectivity index (χ2n) is 9.73. The number of nitrogens with zero attached hydrogens (tertiary/aromatic N) is 5. The summed E-state index contributed by atoms with van der Waals surface area (Å²) in [6, 6.07) is 6.45. The number of fused-ring (bicyclic) bond motifs is 3. The van der Waals surface area contributed by atoms with E-state index < -0.39 is 9.99 Å². The number of allylic oxidation sites excluding steroid dienone is 4. The summed E-state index contributed by atoms with van der Waals surface area (Å²) in [6.45, 7) is 8.76.